The maximum absolute atomic E-state index is 12.8. The van der Waals surface area contributed by atoms with Gasteiger partial charge in [0.25, 0.3) is 5.91 Å². The molecule has 0 saturated carbocycles. The average molecular weight is 417 g/mol. The molecule has 7 nitrogen and oxygen atoms in total. The van der Waals surface area contributed by atoms with E-state index in [-0.39, 0.29) is 10.8 Å². The molecule has 4 rings (SSSR count). The topological polar surface area (TPSA) is 75.5 Å². The molecule has 0 N–H and O–H groups in total. The van der Waals surface area contributed by atoms with Crippen LogP contribution in [0, 0.1) is 5.92 Å². The van der Waals surface area contributed by atoms with Gasteiger partial charge in [-0.2, -0.15) is 9.40 Å². The molecule has 0 atom stereocenters. The Morgan fingerprint density at radius 2 is 1.69 bits per heavy atom. The zero-order chi connectivity index (χ0) is 20.3. The molecule has 0 radical (unpaired) electrons. The maximum Gasteiger partial charge on any atom is 0.253 e. The molecule has 1 aromatic carbocycles. The third-order valence-electron chi connectivity index (χ3n) is 5.96. The van der Waals surface area contributed by atoms with E-state index >= 15 is 0 Å². The molecule has 8 heteroatoms. The Bertz CT molecular complexity index is 911. The number of nitrogens with zero attached hydrogens (tertiary/aromatic N) is 4. The normalized spacial score (nSPS) is 19.4. The largest absolute Gasteiger partial charge is 0.339 e. The van der Waals surface area contributed by atoms with Gasteiger partial charge in [0.15, 0.2) is 0 Å². The molecule has 1 aromatic heterocycles. The Hall–Kier alpha value is -2.19. The van der Waals surface area contributed by atoms with Crippen LogP contribution in [0.4, 0.5) is 0 Å². The van der Waals surface area contributed by atoms with Gasteiger partial charge >= 0.3 is 0 Å². The summed E-state index contributed by atoms with van der Waals surface area (Å²) in [6, 6.07) is 8.36. The summed E-state index contributed by atoms with van der Waals surface area (Å²) in [7, 11) is -3.46. The molecule has 1 amide bonds. The van der Waals surface area contributed by atoms with E-state index in [9.17, 15) is 13.2 Å². The van der Waals surface area contributed by atoms with Gasteiger partial charge in [-0.1, -0.05) is 6.42 Å². The van der Waals surface area contributed by atoms with Crippen molar-refractivity contribution in [3.8, 4) is 0 Å². The minimum atomic E-state index is -3.46. The van der Waals surface area contributed by atoms with Gasteiger partial charge in [-0.3, -0.25) is 9.48 Å². The summed E-state index contributed by atoms with van der Waals surface area (Å²) < 4.78 is 29.0. The molecule has 0 unspecified atom stereocenters. The van der Waals surface area contributed by atoms with E-state index in [2.05, 4.69) is 5.10 Å². The summed E-state index contributed by atoms with van der Waals surface area (Å²) in [4.78, 5) is 15.0. The fourth-order valence-corrected chi connectivity index (χ4v) is 5.72. The average Bonchev–Trinajstić information content (AvgIpc) is 3.27. The molecule has 3 heterocycles. The molecule has 2 aromatic rings. The third kappa shape index (κ3) is 4.53. The van der Waals surface area contributed by atoms with E-state index < -0.39 is 10.0 Å². The van der Waals surface area contributed by atoms with Crippen LogP contribution in [0.15, 0.2) is 47.6 Å². The van der Waals surface area contributed by atoms with Crippen LogP contribution in [0.2, 0.25) is 0 Å². The van der Waals surface area contributed by atoms with Crippen molar-refractivity contribution in [2.45, 2.75) is 43.5 Å². The lowest BCUT2D eigenvalue weighted by atomic mass is 9.96. The minimum Gasteiger partial charge on any atom is -0.339 e. The van der Waals surface area contributed by atoms with Crippen molar-refractivity contribution in [3.63, 3.8) is 0 Å². The Morgan fingerprint density at radius 1 is 1.00 bits per heavy atom. The van der Waals surface area contributed by atoms with Crippen molar-refractivity contribution < 1.29 is 13.2 Å². The third-order valence-corrected chi connectivity index (χ3v) is 7.87. The summed E-state index contributed by atoms with van der Waals surface area (Å²) >= 11 is 0. The van der Waals surface area contributed by atoms with E-state index in [4.69, 9.17) is 0 Å². The van der Waals surface area contributed by atoms with Crippen LogP contribution in [0.3, 0.4) is 0 Å². The van der Waals surface area contributed by atoms with Crippen LogP contribution < -0.4 is 0 Å². The number of likely N-dealkylation sites (tertiary alicyclic amines) is 1. The Morgan fingerprint density at radius 3 is 2.31 bits per heavy atom. The number of carbonyl (C=O) groups is 1. The summed E-state index contributed by atoms with van der Waals surface area (Å²) in [5.74, 6) is 0.500. The molecule has 29 heavy (non-hydrogen) atoms. The van der Waals surface area contributed by atoms with E-state index in [1.807, 2.05) is 21.8 Å². The number of rotatable bonds is 5. The van der Waals surface area contributed by atoms with Crippen LogP contribution in [-0.4, -0.2) is 59.5 Å². The highest BCUT2D eigenvalue weighted by atomic mass is 32.2. The first-order chi connectivity index (χ1) is 14.0. The van der Waals surface area contributed by atoms with E-state index in [0.717, 1.165) is 51.7 Å². The molecule has 2 aliphatic rings. The number of piperidine rings is 2. The summed E-state index contributed by atoms with van der Waals surface area (Å²) in [6.45, 7) is 3.49. The summed E-state index contributed by atoms with van der Waals surface area (Å²) in [5, 5.41) is 4.26. The van der Waals surface area contributed by atoms with Crippen LogP contribution in [-0.2, 0) is 16.6 Å². The fourth-order valence-electron chi connectivity index (χ4n) is 4.20. The van der Waals surface area contributed by atoms with Crippen molar-refractivity contribution in [2.24, 2.45) is 5.92 Å². The Labute approximate surface area is 172 Å². The number of hydrogen-bond acceptors (Lipinski definition) is 4. The molecule has 0 spiro atoms. The molecular formula is C21H28N4O3S. The second kappa shape index (κ2) is 8.67. The van der Waals surface area contributed by atoms with Gasteiger partial charge in [0.2, 0.25) is 10.0 Å². The zero-order valence-electron chi connectivity index (χ0n) is 16.6. The Balaban J connectivity index is 1.36. The first-order valence-electron chi connectivity index (χ1n) is 10.4. The summed E-state index contributed by atoms with van der Waals surface area (Å²) in [6.07, 6.45) is 8.56. The lowest BCUT2D eigenvalue weighted by molar-refractivity contribution is 0.0681. The van der Waals surface area contributed by atoms with Gasteiger partial charge in [-0.05, 0) is 61.9 Å². The van der Waals surface area contributed by atoms with Crippen molar-refractivity contribution >= 4 is 15.9 Å². The highest BCUT2D eigenvalue weighted by molar-refractivity contribution is 7.89. The monoisotopic (exact) mass is 416 g/mol. The lowest BCUT2D eigenvalue weighted by Gasteiger charge is -2.32. The lowest BCUT2D eigenvalue weighted by Crippen LogP contribution is -2.39. The van der Waals surface area contributed by atoms with Gasteiger partial charge in [0.1, 0.15) is 0 Å². The number of sulfonamides is 1. The van der Waals surface area contributed by atoms with Crippen molar-refractivity contribution in [1.82, 2.24) is 19.0 Å². The smallest absolute Gasteiger partial charge is 0.253 e. The number of aromatic nitrogens is 2. The highest BCUT2D eigenvalue weighted by Gasteiger charge is 2.27. The van der Waals surface area contributed by atoms with Gasteiger partial charge in [-0.25, -0.2) is 8.42 Å². The van der Waals surface area contributed by atoms with Gasteiger partial charge in [0, 0.05) is 50.7 Å². The number of amides is 1. The molecule has 2 saturated heterocycles. The van der Waals surface area contributed by atoms with Crippen molar-refractivity contribution in [3.05, 3.63) is 48.3 Å². The van der Waals surface area contributed by atoms with Crippen LogP contribution >= 0.6 is 0 Å². The van der Waals surface area contributed by atoms with Gasteiger partial charge in [-0.15, -0.1) is 0 Å². The second-order valence-corrected chi connectivity index (χ2v) is 9.89. The molecule has 0 bridgehead atoms. The predicted octanol–water partition coefficient (Wildman–Crippen LogP) is 2.61. The predicted molar refractivity (Wildman–Crippen MR) is 110 cm³/mol. The van der Waals surface area contributed by atoms with E-state index in [1.165, 1.54) is 0 Å². The standard InChI is InChI=1S/C21H28N4O3S/c26-21(23-15-9-18(10-16-23)17-24-12-4-11-22-24)19-5-7-20(8-6-19)29(27,28)25-13-2-1-3-14-25/h4-8,11-12,18H,1-3,9-10,13-17H2. The molecule has 2 fully saturated rings. The maximum atomic E-state index is 12.8. The summed E-state index contributed by atoms with van der Waals surface area (Å²) in [5.41, 5.74) is 0.549. The van der Waals surface area contributed by atoms with Crippen molar-refractivity contribution in [2.75, 3.05) is 26.2 Å². The number of carbonyl (C=O) groups excluding carboxylic acids is 1. The Kier molecular flexibility index (Phi) is 6.01. The van der Waals surface area contributed by atoms with Crippen molar-refractivity contribution in [1.29, 1.82) is 0 Å². The van der Waals surface area contributed by atoms with Crippen LogP contribution in [0.1, 0.15) is 42.5 Å². The van der Waals surface area contributed by atoms with Gasteiger partial charge < -0.3 is 4.90 Å². The van der Waals surface area contributed by atoms with Crippen LogP contribution in [0.5, 0.6) is 0 Å². The highest BCUT2D eigenvalue weighted by Crippen LogP contribution is 2.23. The van der Waals surface area contributed by atoms with Crippen LogP contribution in [0.25, 0.3) is 0 Å². The molecule has 2 aliphatic heterocycles. The second-order valence-electron chi connectivity index (χ2n) is 7.95. The van der Waals surface area contributed by atoms with E-state index in [0.29, 0.717) is 24.6 Å². The minimum absolute atomic E-state index is 0.0236. The fraction of sp³-hybridized carbons (Fsp3) is 0.524. The number of benzene rings is 1. The first-order valence-corrected chi connectivity index (χ1v) is 11.8. The SMILES string of the molecule is O=C(c1ccc(S(=O)(=O)N2CCCCC2)cc1)N1CCC(Cn2cccn2)CC1. The number of hydrogen-bond donors (Lipinski definition) is 0. The molecule has 156 valence electrons. The molecule has 0 aliphatic carbocycles. The zero-order valence-corrected chi connectivity index (χ0v) is 17.4. The first kappa shape index (κ1) is 20.1. The van der Waals surface area contributed by atoms with E-state index in [1.54, 1.807) is 34.8 Å². The molecular weight excluding hydrogens is 388 g/mol. The van der Waals surface area contributed by atoms with Gasteiger partial charge in [0.05, 0.1) is 4.90 Å². The quantitative estimate of drug-likeness (QED) is 0.751.